The first-order chi connectivity index (χ1) is 7.61. The molecule has 0 aliphatic rings. The van der Waals surface area contributed by atoms with Gasteiger partial charge in [0.15, 0.2) is 0 Å². The Hall–Kier alpha value is -1.06. The Morgan fingerprint density at radius 1 is 1.31 bits per heavy atom. The Morgan fingerprint density at radius 2 is 2.06 bits per heavy atom. The summed E-state index contributed by atoms with van der Waals surface area (Å²) >= 11 is 0. The molecule has 0 fully saturated rings. The lowest BCUT2D eigenvalue weighted by Crippen LogP contribution is -2.22. The Morgan fingerprint density at radius 3 is 2.69 bits per heavy atom. The molecule has 0 spiro atoms. The average Bonchev–Trinajstić information content (AvgIpc) is 2.25. The summed E-state index contributed by atoms with van der Waals surface area (Å²) in [6.45, 7) is 4.55. The van der Waals surface area contributed by atoms with Crippen molar-refractivity contribution in [3.63, 3.8) is 0 Å². The van der Waals surface area contributed by atoms with E-state index in [2.05, 4.69) is 31.3 Å². The second-order valence-corrected chi connectivity index (χ2v) is 4.52. The van der Waals surface area contributed by atoms with Gasteiger partial charge in [-0.15, -0.1) is 0 Å². The third kappa shape index (κ3) is 4.64. The first-order valence-corrected chi connectivity index (χ1v) is 5.73. The van der Waals surface area contributed by atoms with E-state index in [9.17, 15) is 5.11 Å². The van der Waals surface area contributed by atoms with Crippen LogP contribution < -0.4 is 5.32 Å². The second kappa shape index (κ2) is 6.51. The lowest BCUT2D eigenvalue weighted by Gasteiger charge is -2.12. The van der Waals surface area contributed by atoms with E-state index < -0.39 is 6.10 Å². The zero-order valence-electron chi connectivity index (χ0n) is 9.98. The summed E-state index contributed by atoms with van der Waals surface area (Å²) in [5.41, 5.74) is 2.28. The predicted molar refractivity (Wildman–Crippen MR) is 66.6 cm³/mol. The lowest BCUT2D eigenvalue weighted by atomic mass is 10.0. The molecule has 0 amide bonds. The molecule has 1 atom stereocenters. The van der Waals surface area contributed by atoms with Crippen LogP contribution in [-0.2, 0) is 6.42 Å². The summed E-state index contributed by atoms with van der Waals surface area (Å²) in [6, 6.07) is 8.16. The molecule has 1 aromatic carbocycles. The molecule has 0 saturated heterocycles. The van der Waals surface area contributed by atoms with Gasteiger partial charge >= 0.3 is 0 Å². The van der Waals surface area contributed by atoms with Gasteiger partial charge in [0.05, 0.1) is 12.7 Å². The minimum Gasteiger partial charge on any atom is -0.394 e. The normalized spacial score (nSPS) is 12.8. The lowest BCUT2D eigenvalue weighted by molar-refractivity contribution is 0.105. The van der Waals surface area contributed by atoms with E-state index in [1.807, 2.05) is 12.1 Å². The molecule has 0 aliphatic carbocycles. The van der Waals surface area contributed by atoms with Crippen LogP contribution in [0.25, 0.3) is 0 Å². The molecule has 1 aromatic rings. The first-order valence-electron chi connectivity index (χ1n) is 5.73. The van der Waals surface area contributed by atoms with E-state index in [-0.39, 0.29) is 6.61 Å². The molecule has 3 N–H and O–H groups in total. The van der Waals surface area contributed by atoms with E-state index in [1.165, 1.54) is 5.56 Å². The van der Waals surface area contributed by atoms with Crippen LogP contribution in [0, 0.1) is 5.92 Å². The van der Waals surface area contributed by atoms with E-state index in [1.54, 1.807) is 0 Å². The van der Waals surface area contributed by atoms with Crippen LogP contribution in [0.2, 0.25) is 0 Å². The number of nitrogens with one attached hydrogen (secondary N) is 1. The highest BCUT2D eigenvalue weighted by Crippen LogP contribution is 2.14. The van der Waals surface area contributed by atoms with Gasteiger partial charge in [-0.25, -0.2) is 0 Å². The molecule has 0 aromatic heterocycles. The molecule has 0 aliphatic heterocycles. The van der Waals surface area contributed by atoms with Crippen molar-refractivity contribution in [3.05, 3.63) is 29.8 Å². The largest absolute Gasteiger partial charge is 0.394 e. The van der Waals surface area contributed by atoms with Gasteiger partial charge in [0.2, 0.25) is 0 Å². The van der Waals surface area contributed by atoms with Gasteiger partial charge in [0.25, 0.3) is 0 Å². The Balaban J connectivity index is 2.53. The zero-order chi connectivity index (χ0) is 12.0. The van der Waals surface area contributed by atoms with E-state index in [4.69, 9.17) is 5.11 Å². The molecule has 3 heteroatoms. The fraction of sp³-hybridized carbons (Fsp3) is 0.538. The monoisotopic (exact) mass is 223 g/mol. The maximum Gasteiger partial charge on any atom is 0.0942 e. The van der Waals surface area contributed by atoms with E-state index >= 15 is 0 Å². The van der Waals surface area contributed by atoms with Crippen LogP contribution in [0.3, 0.4) is 0 Å². The van der Waals surface area contributed by atoms with Crippen molar-refractivity contribution in [1.82, 2.24) is 0 Å². The van der Waals surface area contributed by atoms with Crippen molar-refractivity contribution >= 4 is 5.69 Å². The van der Waals surface area contributed by atoms with Crippen molar-refractivity contribution < 1.29 is 10.2 Å². The first kappa shape index (κ1) is 13.0. The number of rotatable bonds is 6. The fourth-order valence-electron chi connectivity index (χ4n) is 1.58. The van der Waals surface area contributed by atoms with Crippen molar-refractivity contribution in [2.24, 2.45) is 5.92 Å². The third-order valence-electron chi connectivity index (χ3n) is 2.32. The van der Waals surface area contributed by atoms with Crippen LogP contribution in [0.4, 0.5) is 5.69 Å². The molecule has 0 radical (unpaired) electrons. The molecule has 16 heavy (non-hydrogen) atoms. The van der Waals surface area contributed by atoms with Crippen molar-refractivity contribution in [3.8, 4) is 0 Å². The van der Waals surface area contributed by atoms with Gasteiger partial charge in [-0.05, 0) is 30.0 Å². The molecule has 0 bridgehead atoms. The third-order valence-corrected chi connectivity index (χ3v) is 2.32. The van der Waals surface area contributed by atoms with Gasteiger partial charge in [-0.2, -0.15) is 0 Å². The number of aliphatic hydroxyl groups is 2. The number of aliphatic hydroxyl groups excluding tert-OH is 2. The number of anilines is 1. The Kier molecular flexibility index (Phi) is 5.29. The summed E-state index contributed by atoms with van der Waals surface area (Å²) in [6.07, 6.45) is 0.353. The second-order valence-electron chi connectivity index (χ2n) is 4.52. The summed E-state index contributed by atoms with van der Waals surface area (Å²) < 4.78 is 0. The topological polar surface area (TPSA) is 52.5 Å². The smallest absolute Gasteiger partial charge is 0.0942 e. The standard InChI is InChI=1S/C13H21NO2/c1-10(2)6-11-4-3-5-12(7-11)14-8-13(16)9-15/h3-5,7,10,13-16H,6,8-9H2,1-2H3. The predicted octanol–water partition coefficient (Wildman–Crippen LogP) is 1.65. The van der Waals surface area contributed by atoms with E-state index in [0.29, 0.717) is 12.5 Å². The summed E-state index contributed by atoms with van der Waals surface area (Å²) in [4.78, 5) is 0. The van der Waals surface area contributed by atoms with Gasteiger partial charge in [-0.3, -0.25) is 0 Å². The van der Waals surface area contributed by atoms with Crippen LogP contribution >= 0.6 is 0 Å². The van der Waals surface area contributed by atoms with Gasteiger partial charge in [0, 0.05) is 12.2 Å². The number of hydrogen-bond donors (Lipinski definition) is 3. The molecule has 3 nitrogen and oxygen atoms in total. The maximum atomic E-state index is 9.22. The minimum atomic E-state index is -0.700. The average molecular weight is 223 g/mol. The van der Waals surface area contributed by atoms with Crippen LogP contribution in [-0.4, -0.2) is 29.5 Å². The van der Waals surface area contributed by atoms with Crippen molar-refractivity contribution in [2.45, 2.75) is 26.4 Å². The Labute approximate surface area is 97.1 Å². The molecular weight excluding hydrogens is 202 g/mol. The fourth-order valence-corrected chi connectivity index (χ4v) is 1.58. The number of hydrogen-bond acceptors (Lipinski definition) is 3. The minimum absolute atomic E-state index is 0.210. The quantitative estimate of drug-likeness (QED) is 0.687. The van der Waals surface area contributed by atoms with Crippen molar-refractivity contribution in [1.29, 1.82) is 0 Å². The molecule has 90 valence electrons. The maximum absolute atomic E-state index is 9.22. The molecule has 1 rings (SSSR count). The van der Waals surface area contributed by atoms with Crippen LogP contribution in [0.15, 0.2) is 24.3 Å². The SMILES string of the molecule is CC(C)Cc1cccc(NCC(O)CO)c1. The summed E-state index contributed by atoms with van der Waals surface area (Å²) in [5.74, 6) is 0.637. The summed E-state index contributed by atoms with van der Waals surface area (Å²) in [7, 11) is 0. The zero-order valence-corrected chi connectivity index (χ0v) is 9.98. The summed E-state index contributed by atoms with van der Waals surface area (Å²) in [5, 5.41) is 21.0. The highest BCUT2D eigenvalue weighted by molar-refractivity contribution is 5.45. The van der Waals surface area contributed by atoms with Gasteiger partial charge in [-0.1, -0.05) is 26.0 Å². The van der Waals surface area contributed by atoms with Gasteiger partial charge in [0.1, 0.15) is 0 Å². The van der Waals surface area contributed by atoms with Gasteiger partial charge < -0.3 is 15.5 Å². The van der Waals surface area contributed by atoms with E-state index in [0.717, 1.165) is 12.1 Å². The van der Waals surface area contributed by atoms with Crippen LogP contribution in [0.1, 0.15) is 19.4 Å². The number of benzene rings is 1. The molecular formula is C13H21NO2. The van der Waals surface area contributed by atoms with Crippen LogP contribution in [0.5, 0.6) is 0 Å². The highest BCUT2D eigenvalue weighted by Gasteiger charge is 2.02. The Bertz CT molecular complexity index is 313. The van der Waals surface area contributed by atoms with Crippen molar-refractivity contribution in [2.75, 3.05) is 18.5 Å². The molecule has 1 unspecified atom stereocenters. The highest BCUT2D eigenvalue weighted by atomic mass is 16.3. The molecule has 0 saturated carbocycles. The molecule has 0 heterocycles.